The van der Waals surface area contributed by atoms with Gasteiger partial charge in [0.1, 0.15) is 0 Å². The van der Waals surface area contributed by atoms with Gasteiger partial charge in [0.25, 0.3) is 0 Å². The zero-order valence-corrected chi connectivity index (χ0v) is 9.36. The second kappa shape index (κ2) is 3.34. The molecule has 2 heterocycles. The number of thiazole rings is 1. The lowest BCUT2D eigenvalue weighted by atomic mass is 10.2. The largest absolute Gasteiger partial charge is 0.345 e. The van der Waals surface area contributed by atoms with Crippen molar-refractivity contribution < 1.29 is 0 Å². The predicted molar refractivity (Wildman–Crippen MR) is 55.9 cm³/mol. The highest BCUT2D eigenvalue weighted by Crippen LogP contribution is 2.31. The molecule has 1 aliphatic heterocycles. The van der Waals surface area contributed by atoms with Crippen LogP contribution in [0.2, 0.25) is 0 Å². The molecule has 0 spiro atoms. The fourth-order valence-electron chi connectivity index (χ4n) is 1.60. The Labute approximate surface area is 84.7 Å². The van der Waals surface area contributed by atoms with Crippen LogP contribution in [0.25, 0.3) is 0 Å². The van der Waals surface area contributed by atoms with Crippen molar-refractivity contribution in [2.75, 3.05) is 11.4 Å². The lowest BCUT2D eigenvalue weighted by molar-refractivity contribution is 0.733. The van der Waals surface area contributed by atoms with Gasteiger partial charge >= 0.3 is 0 Å². The number of nitrogens with zero attached hydrogens (tertiary/aromatic N) is 2. The maximum absolute atomic E-state index is 4.35. The molecule has 1 atom stereocenters. The van der Waals surface area contributed by atoms with E-state index in [0.717, 1.165) is 8.92 Å². The monoisotopic (exact) mass is 246 g/mol. The first kappa shape index (κ1) is 8.51. The Bertz CT molecular complexity index is 274. The van der Waals surface area contributed by atoms with Crippen LogP contribution < -0.4 is 4.90 Å². The lowest BCUT2D eigenvalue weighted by Gasteiger charge is -2.19. The number of anilines is 1. The van der Waals surface area contributed by atoms with Gasteiger partial charge < -0.3 is 4.90 Å². The average Bonchev–Trinajstić information content (AvgIpc) is 2.58. The first-order valence-corrected chi connectivity index (χ1v) is 5.76. The van der Waals surface area contributed by atoms with Gasteiger partial charge in [0, 0.05) is 12.6 Å². The van der Waals surface area contributed by atoms with Gasteiger partial charge in [-0.3, -0.25) is 0 Å². The SMILES string of the molecule is CC1CCCN1c1ncc(Br)s1. The van der Waals surface area contributed by atoms with E-state index in [4.69, 9.17) is 0 Å². The summed E-state index contributed by atoms with van der Waals surface area (Å²) in [7, 11) is 0. The number of halogens is 1. The standard InChI is InChI=1S/C8H11BrN2S/c1-6-3-2-4-11(6)8-10-5-7(9)12-8/h5-6H,2-4H2,1H3. The zero-order valence-electron chi connectivity index (χ0n) is 6.96. The fourth-order valence-corrected chi connectivity index (χ4v) is 2.91. The summed E-state index contributed by atoms with van der Waals surface area (Å²) in [5.74, 6) is 0. The van der Waals surface area contributed by atoms with E-state index >= 15 is 0 Å². The van der Waals surface area contributed by atoms with Gasteiger partial charge in [0.05, 0.1) is 9.98 Å². The minimum absolute atomic E-state index is 0.669. The Morgan fingerprint density at radius 1 is 1.75 bits per heavy atom. The van der Waals surface area contributed by atoms with E-state index in [9.17, 15) is 0 Å². The van der Waals surface area contributed by atoms with Crippen LogP contribution in [-0.4, -0.2) is 17.6 Å². The highest BCUT2D eigenvalue weighted by molar-refractivity contribution is 9.11. The van der Waals surface area contributed by atoms with Gasteiger partial charge in [-0.2, -0.15) is 0 Å². The summed E-state index contributed by atoms with van der Waals surface area (Å²) >= 11 is 5.15. The number of hydrogen-bond donors (Lipinski definition) is 0. The molecule has 1 aromatic rings. The van der Waals surface area contributed by atoms with Crippen LogP contribution in [0.5, 0.6) is 0 Å². The van der Waals surface area contributed by atoms with Crippen LogP contribution >= 0.6 is 27.3 Å². The number of hydrogen-bond acceptors (Lipinski definition) is 3. The molecule has 66 valence electrons. The molecule has 0 radical (unpaired) electrons. The molecule has 1 aliphatic rings. The molecule has 4 heteroatoms. The molecule has 2 rings (SSSR count). The maximum Gasteiger partial charge on any atom is 0.186 e. The van der Waals surface area contributed by atoms with Gasteiger partial charge in [-0.05, 0) is 35.7 Å². The minimum atomic E-state index is 0.669. The Hall–Kier alpha value is -0.0900. The third-order valence-electron chi connectivity index (χ3n) is 2.26. The topological polar surface area (TPSA) is 16.1 Å². The zero-order chi connectivity index (χ0) is 8.55. The summed E-state index contributed by atoms with van der Waals surface area (Å²) < 4.78 is 1.12. The molecule has 0 N–H and O–H groups in total. The Morgan fingerprint density at radius 3 is 3.08 bits per heavy atom. The van der Waals surface area contributed by atoms with E-state index < -0.39 is 0 Å². The minimum Gasteiger partial charge on any atom is -0.345 e. The summed E-state index contributed by atoms with van der Waals surface area (Å²) in [5.41, 5.74) is 0. The van der Waals surface area contributed by atoms with Crippen LogP contribution in [0.4, 0.5) is 5.13 Å². The molecule has 2 nitrogen and oxygen atoms in total. The average molecular weight is 247 g/mol. The third-order valence-corrected chi connectivity index (χ3v) is 3.78. The Kier molecular flexibility index (Phi) is 2.37. The second-order valence-electron chi connectivity index (χ2n) is 3.13. The van der Waals surface area contributed by atoms with Crippen molar-refractivity contribution in [2.24, 2.45) is 0 Å². The first-order valence-electron chi connectivity index (χ1n) is 4.15. The van der Waals surface area contributed by atoms with Crippen LogP contribution in [0.1, 0.15) is 19.8 Å². The molecule has 0 bridgehead atoms. The number of aromatic nitrogens is 1. The van der Waals surface area contributed by atoms with Crippen molar-refractivity contribution >= 4 is 32.4 Å². The quantitative estimate of drug-likeness (QED) is 0.758. The van der Waals surface area contributed by atoms with Gasteiger partial charge in [0.2, 0.25) is 0 Å². The van der Waals surface area contributed by atoms with Gasteiger partial charge in [-0.25, -0.2) is 4.98 Å². The lowest BCUT2D eigenvalue weighted by Crippen LogP contribution is -2.25. The van der Waals surface area contributed by atoms with Gasteiger partial charge in [-0.1, -0.05) is 11.3 Å². The summed E-state index contributed by atoms with van der Waals surface area (Å²) in [6.07, 6.45) is 4.49. The van der Waals surface area contributed by atoms with Gasteiger partial charge in [0.15, 0.2) is 5.13 Å². The van der Waals surface area contributed by atoms with E-state index in [0.29, 0.717) is 6.04 Å². The summed E-state index contributed by atoms with van der Waals surface area (Å²) in [6, 6.07) is 0.669. The van der Waals surface area contributed by atoms with E-state index in [1.54, 1.807) is 11.3 Å². The summed E-state index contributed by atoms with van der Waals surface area (Å²) in [4.78, 5) is 6.73. The second-order valence-corrected chi connectivity index (χ2v) is 5.52. The molecule has 1 fully saturated rings. The molecular weight excluding hydrogens is 236 g/mol. The van der Waals surface area contributed by atoms with Crippen molar-refractivity contribution in [3.63, 3.8) is 0 Å². The molecule has 1 aromatic heterocycles. The third kappa shape index (κ3) is 1.50. The highest BCUT2D eigenvalue weighted by atomic mass is 79.9. The van der Waals surface area contributed by atoms with E-state index in [-0.39, 0.29) is 0 Å². The van der Waals surface area contributed by atoms with Crippen molar-refractivity contribution in [2.45, 2.75) is 25.8 Å². The van der Waals surface area contributed by atoms with Crippen LogP contribution in [0.15, 0.2) is 9.98 Å². The summed E-state index contributed by atoms with van der Waals surface area (Å²) in [5, 5.41) is 1.16. The molecule has 1 saturated heterocycles. The van der Waals surface area contributed by atoms with E-state index in [1.165, 1.54) is 19.4 Å². The first-order chi connectivity index (χ1) is 5.77. The van der Waals surface area contributed by atoms with Crippen molar-refractivity contribution in [3.8, 4) is 0 Å². The van der Waals surface area contributed by atoms with Crippen LogP contribution in [-0.2, 0) is 0 Å². The molecular formula is C8H11BrN2S. The molecule has 0 saturated carbocycles. The molecule has 0 aromatic carbocycles. The molecule has 0 aliphatic carbocycles. The van der Waals surface area contributed by atoms with Crippen LogP contribution in [0, 0.1) is 0 Å². The van der Waals surface area contributed by atoms with Crippen LogP contribution in [0.3, 0.4) is 0 Å². The highest BCUT2D eigenvalue weighted by Gasteiger charge is 2.22. The predicted octanol–water partition coefficient (Wildman–Crippen LogP) is 2.89. The maximum atomic E-state index is 4.35. The van der Waals surface area contributed by atoms with Gasteiger partial charge in [-0.15, -0.1) is 0 Å². The normalized spacial score (nSPS) is 23.5. The number of rotatable bonds is 1. The van der Waals surface area contributed by atoms with E-state index in [2.05, 4.69) is 32.7 Å². The Morgan fingerprint density at radius 2 is 2.58 bits per heavy atom. The molecule has 12 heavy (non-hydrogen) atoms. The van der Waals surface area contributed by atoms with Crippen molar-refractivity contribution in [1.29, 1.82) is 0 Å². The van der Waals surface area contributed by atoms with Crippen molar-refractivity contribution in [1.82, 2.24) is 4.98 Å². The van der Waals surface area contributed by atoms with E-state index in [1.807, 2.05) is 6.20 Å². The van der Waals surface area contributed by atoms with Crippen molar-refractivity contribution in [3.05, 3.63) is 9.98 Å². The smallest absolute Gasteiger partial charge is 0.186 e. The Balaban J connectivity index is 2.19. The fraction of sp³-hybridized carbons (Fsp3) is 0.625. The summed E-state index contributed by atoms with van der Waals surface area (Å²) in [6.45, 7) is 3.43. The molecule has 1 unspecified atom stereocenters. The molecule has 0 amide bonds.